The number of carbonyl (C=O) groups excluding carboxylic acids is 1. The lowest BCUT2D eigenvalue weighted by atomic mass is 10.0. The van der Waals surface area contributed by atoms with Crippen LogP contribution in [0.2, 0.25) is 0 Å². The number of carbonyl (C=O) groups is 1. The SMILES string of the molecule is Cl.Cn1ccc(NC(=O)C2CCCCN2)n1. The van der Waals surface area contributed by atoms with Crippen LogP contribution in [0.1, 0.15) is 19.3 Å². The van der Waals surface area contributed by atoms with E-state index in [0.29, 0.717) is 5.82 Å². The van der Waals surface area contributed by atoms with Gasteiger partial charge in [0.15, 0.2) is 5.82 Å². The molecule has 0 aromatic carbocycles. The quantitative estimate of drug-likeness (QED) is 0.814. The van der Waals surface area contributed by atoms with Crippen molar-refractivity contribution in [2.24, 2.45) is 7.05 Å². The van der Waals surface area contributed by atoms with Crippen LogP contribution in [-0.4, -0.2) is 28.3 Å². The summed E-state index contributed by atoms with van der Waals surface area (Å²) in [6, 6.07) is 1.74. The maximum Gasteiger partial charge on any atom is 0.242 e. The highest BCUT2D eigenvalue weighted by Gasteiger charge is 2.20. The van der Waals surface area contributed by atoms with Crippen LogP contribution in [-0.2, 0) is 11.8 Å². The first-order chi connectivity index (χ1) is 7.25. The van der Waals surface area contributed by atoms with E-state index < -0.39 is 0 Å². The van der Waals surface area contributed by atoms with Crippen LogP contribution in [0.4, 0.5) is 5.82 Å². The largest absolute Gasteiger partial charge is 0.308 e. The van der Waals surface area contributed by atoms with E-state index in [1.165, 1.54) is 0 Å². The standard InChI is InChI=1S/C10H16N4O.ClH/c1-14-7-5-9(13-14)12-10(15)8-4-2-3-6-11-8;/h5,7-8,11H,2-4,6H2,1H3,(H,12,13,15);1H. The van der Waals surface area contributed by atoms with E-state index in [1.54, 1.807) is 10.7 Å². The van der Waals surface area contributed by atoms with Gasteiger partial charge in [-0.05, 0) is 19.4 Å². The average Bonchev–Trinajstić information content (AvgIpc) is 2.65. The molecular weight excluding hydrogens is 228 g/mol. The first kappa shape index (κ1) is 13.0. The highest BCUT2D eigenvalue weighted by atomic mass is 35.5. The van der Waals surface area contributed by atoms with Crippen molar-refractivity contribution in [1.29, 1.82) is 0 Å². The number of halogens is 1. The molecule has 5 nitrogen and oxygen atoms in total. The maximum atomic E-state index is 11.8. The van der Waals surface area contributed by atoms with Crippen LogP contribution < -0.4 is 10.6 Å². The number of hydrogen-bond acceptors (Lipinski definition) is 3. The molecule has 1 unspecified atom stereocenters. The van der Waals surface area contributed by atoms with E-state index in [1.807, 2.05) is 13.2 Å². The highest BCUT2D eigenvalue weighted by molar-refractivity contribution is 5.94. The molecule has 0 bridgehead atoms. The first-order valence-electron chi connectivity index (χ1n) is 5.29. The third-order valence-electron chi connectivity index (χ3n) is 2.59. The summed E-state index contributed by atoms with van der Waals surface area (Å²) in [6.45, 7) is 0.931. The highest BCUT2D eigenvalue weighted by Crippen LogP contribution is 2.09. The molecule has 16 heavy (non-hydrogen) atoms. The molecule has 0 spiro atoms. The monoisotopic (exact) mass is 244 g/mol. The molecule has 6 heteroatoms. The van der Waals surface area contributed by atoms with Crippen molar-refractivity contribution in [2.45, 2.75) is 25.3 Å². The Morgan fingerprint density at radius 1 is 1.62 bits per heavy atom. The van der Waals surface area contributed by atoms with Crippen molar-refractivity contribution in [2.75, 3.05) is 11.9 Å². The Bertz CT molecular complexity index is 346. The number of hydrogen-bond donors (Lipinski definition) is 2. The molecule has 1 fully saturated rings. The number of aryl methyl sites for hydroxylation is 1. The van der Waals surface area contributed by atoms with Crippen LogP contribution in [0.15, 0.2) is 12.3 Å². The van der Waals surface area contributed by atoms with Gasteiger partial charge in [0.2, 0.25) is 5.91 Å². The molecule has 1 atom stereocenters. The van der Waals surface area contributed by atoms with Crippen LogP contribution in [0, 0.1) is 0 Å². The van der Waals surface area contributed by atoms with Crippen molar-refractivity contribution in [3.8, 4) is 0 Å². The Balaban J connectivity index is 0.00000128. The fourth-order valence-corrected chi connectivity index (χ4v) is 1.77. The van der Waals surface area contributed by atoms with E-state index in [9.17, 15) is 4.79 Å². The smallest absolute Gasteiger partial charge is 0.242 e. The molecule has 0 radical (unpaired) electrons. The van der Waals surface area contributed by atoms with Gasteiger partial charge in [0, 0.05) is 19.3 Å². The summed E-state index contributed by atoms with van der Waals surface area (Å²) in [5.41, 5.74) is 0. The molecule has 0 aliphatic carbocycles. The summed E-state index contributed by atoms with van der Waals surface area (Å²) in [7, 11) is 1.83. The zero-order valence-corrected chi connectivity index (χ0v) is 10.1. The fourth-order valence-electron chi connectivity index (χ4n) is 1.77. The molecule has 1 aromatic heterocycles. The predicted octanol–water partition coefficient (Wildman–Crippen LogP) is 0.922. The molecular formula is C10H17ClN4O. The second-order valence-corrected chi connectivity index (χ2v) is 3.87. The summed E-state index contributed by atoms with van der Waals surface area (Å²) in [4.78, 5) is 11.8. The molecule has 2 N–H and O–H groups in total. The van der Waals surface area contributed by atoms with Crippen molar-refractivity contribution in [3.63, 3.8) is 0 Å². The summed E-state index contributed by atoms with van der Waals surface area (Å²) in [6.07, 6.45) is 5.00. The summed E-state index contributed by atoms with van der Waals surface area (Å²) in [5.74, 6) is 0.642. The van der Waals surface area contributed by atoms with Crippen molar-refractivity contribution in [1.82, 2.24) is 15.1 Å². The van der Waals surface area contributed by atoms with E-state index in [2.05, 4.69) is 15.7 Å². The number of rotatable bonds is 2. The minimum atomic E-state index is -0.0549. The average molecular weight is 245 g/mol. The van der Waals surface area contributed by atoms with E-state index in [-0.39, 0.29) is 24.4 Å². The molecule has 2 rings (SSSR count). The Morgan fingerprint density at radius 2 is 2.44 bits per heavy atom. The van der Waals surface area contributed by atoms with Gasteiger partial charge in [0.05, 0.1) is 6.04 Å². The Morgan fingerprint density at radius 3 is 3.00 bits per heavy atom. The minimum Gasteiger partial charge on any atom is -0.308 e. The van der Waals surface area contributed by atoms with E-state index >= 15 is 0 Å². The van der Waals surface area contributed by atoms with Gasteiger partial charge in [-0.15, -0.1) is 12.4 Å². The molecule has 90 valence electrons. The van der Waals surface area contributed by atoms with Crippen LogP contribution in [0.3, 0.4) is 0 Å². The van der Waals surface area contributed by atoms with Gasteiger partial charge in [-0.2, -0.15) is 5.10 Å². The van der Waals surface area contributed by atoms with Crippen molar-refractivity contribution in [3.05, 3.63) is 12.3 Å². The number of amides is 1. The normalized spacial score (nSPS) is 19.9. The minimum absolute atomic E-state index is 0. The zero-order chi connectivity index (χ0) is 10.7. The van der Waals surface area contributed by atoms with Crippen LogP contribution in [0.25, 0.3) is 0 Å². The zero-order valence-electron chi connectivity index (χ0n) is 9.27. The van der Waals surface area contributed by atoms with Gasteiger partial charge < -0.3 is 10.6 Å². The van der Waals surface area contributed by atoms with Crippen LogP contribution >= 0.6 is 12.4 Å². The number of aromatic nitrogens is 2. The van der Waals surface area contributed by atoms with Gasteiger partial charge >= 0.3 is 0 Å². The Hall–Kier alpha value is -1.07. The number of piperidine rings is 1. The maximum absolute atomic E-state index is 11.8. The molecule has 2 heterocycles. The summed E-state index contributed by atoms with van der Waals surface area (Å²) < 4.78 is 1.67. The second kappa shape index (κ2) is 5.86. The Labute approximate surface area is 101 Å². The number of nitrogens with zero attached hydrogens (tertiary/aromatic N) is 2. The van der Waals surface area contributed by atoms with Crippen LogP contribution in [0.5, 0.6) is 0 Å². The van der Waals surface area contributed by atoms with Gasteiger partial charge in [0.1, 0.15) is 0 Å². The second-order valence-electron chi connectivity index (χ2n) is 3.87. The van der Waals surface area contributed by atoms with Gasteiger partial charge in [-0.25, -0.2) is 0 Å². The summed E-state index contributed by atoms with van der Waals surface area (Å²) >= 11 is 0. The fraction of sp³-hybridized carbons (Fsp3) is 0.600. The lowest BCUT2D eigenvalue weighted by Gasteiger charge is -2.21. The lowest BCUT2D eigenvalue weighted by molar-refractivity contribution is -0.118. The van der Waals surface area contributed by atoms with Gasteiger partial charge in [-0.3, -0.25) is 9.48 Å². The van der Waals surface area contributed by atoms with E-state index in [4.69, 9.17) is 0 Å². The molecule has 1 aliphatic rings. The van der Waals surface area contributed by atoms with Crippen molar-refractivity contribution < 1.29 is 4.79 Å². The molecule has 1 aliphatic heterocycles. The van der Waals surface area contributed by atoms with E-state index in [0.717, 1.165) is 25.8 Å². The Kier molecular flexibility index (Phi) is 4.76. The van der Waals surface area contributed by atoms with Gasteiger partial charge in [-0.1, -0.05) is 6.42 Å². The molecule has 1 saturated heterocycles. The molecule has 0 saturated carbocycles. The summed E-state index contributed by atoms with van der Waals surface area (Å²) in [5, 5.41) is 10.1. The third kappa shape index (κ3) is 3.21. The van der Waals surface area contributed by atoms with Crippen molar-refractivity contribution >= 4 is 24.1 Å². The first-order valence-corrected chi connectivity index (χ1v) is 5.29. The predicted molar refractivity (Wildman–Crippen MR) is 64.7 cm³/mol. The van der Waals surface area contributed by atoms with Gasteiger partial charge in [0.25, 0.3) is 0 Å². The lowest BCUT2D eigenvalue weighted by Crippen LogP contribution is -2.43. The molecule has 1 amide bonds. The molecule has 1 aromatic rings. The number of nitrogens with one attached hydrogen (secondary N) is 2. The third-order valence-corrected chi connectivity index (χ3v) is 2.59. The topological polar surface area (TPSA) is 59.0 Å². The number of anilines is 1.